The van der Waals surface area contributed by atoms with Crippen molar-refractivity contribution in [2.45, 2.75) is 64.7 Å². The summed E-state index contributed by atoms with van der Waals surface area (Å²) in [6, 6.07) is 0. The SMILES string of the molecule is CCCCCCCCCCCP(=O)(O)OC. The van der Waals surface area contributed by atoms with Gasteiger partial charge in [-0.15, -0.1) is 0 Å². The van der Waals surface area contributed by atoms with Crippen molar-refractivity contribution in [3.63, 3.8) is 0 Å². The van der Waals surface area contributed by atoms with E-state index in [0.29, 0.717) is 6.16 Å². The van der Waals surface area contributed by atoms with Gasteiger partial charge in [0.1, 0.15) is 0 Å². The zero-order valence-corrected chi connectivity index (χ0v) is 11.7. The summed E-state index contributed by atoms with van der Waals surface area (Å²) < 4.78 is 15.6. The Morgan fingerprint density at radius 3 is 1.81 bits per heavy atom. The van der Waals surface area contributed by atoms with Crippen molar-refractivity contribution < 1.29 is 14.0 Å². The Kier molecular flexibility index (Phi) is 10.4. The highest BCUT2D eigenvalue weighted by molar-refractivity contribution is 7.52. The lowest BCUT2D eigenvalue weighted by Gasteiger charge is -2.07. The van der Waals surface area contributed by atoms with Gasteiger partial charge in [0.2, 0.25) is 0 Å². The number of hydrogen-bond donors (Lipinski definition) is 1. The van der Waals surface area contributed by atoms with Crippen LogP contribution in [0.25, 0.3) is 0 Å². The summed E-state index contributed by atoms with van der Waals surface area (Å²) in [4.78, 5) is 9.16. The summed E-state index contributed by atoms with van der Waals surface area (Å²) in [6.07, 6.45) is 11.2. The zero-order chi connectivity index (χ0) is 12.3. The molecule has 0 saturated heterocycles. The van der Waals surface area contributed by atoms with E-state index in [4.69, 9.17) is 4.89 Å². The van der Waals surface area contributed by atoms with Gasteiger partial charge >= 0.3 is 7.60 Å². The van der Waals surface area contributed by atoms with Crippen LogP contribution in [0.2, 0.25) is 0 Å². The van der Waals surface area contributed by atoms with Gasteiger partial charge in [-0.3, -0.25) is 4.57 Å². The second kappa shape index (κ2) is 10.3. The van der Waals surface area contributed by atoms with Gasteiger partial charge in [0.15, 0.2) is 0 Å². The minimum Gasteiger partial charge on any atom is -0.324 e. The molecule has 4 heteroatoms. The summed E-state index contributed by atoms with van der Waals surface area (Å²) in [7, 11) is -1.94. The molecule has 0 saturated carbocycles. The Bertz CT molecular complexity index is 195. The van der Waals surface area contributed by atoms with Crippen molar-refractivity contribution in [1.82, 2.24) is 0 Å². The van der Waals surface area contributed by atoms with Crippen molar-refractivity contribution in [3.05, 3.63) is 0 Å². The molecule has 0 aliphatic rings. The first-order valence-electron chi connectivity index (χ1n) is 6.50. The summed E-state index contributed by atoms with van der Waals surface area (Å²) in [5.74, 6) is 0. The Morgan fingerprint density at radius 1 is 0.938 bits per heavy atom. The average Bonchev–Trinajstić information content (AvgIpc) is 2.27. The molecule has 3 nitrogen and oxygen atoms in total. The minimum absolute atomic E-state index is 0.305. The summed E-state index contributed by atoms with van der Waals surface area (Å²) >= 11 is 0. The third-order valence-corrected chi connectivity index (χ3v) is 4.28. The fraction of sp³-hybridized carbons (Fsp3) is 1.00. The van der Waals surface area contributed by atoms with Crippen molar-refractivity contribution in [3.8, 4) is 0 Å². The predicted octanol–water partition coefficient (Wildman–Crippen LogP) is 4.35. The molecule has 0 fully saturated rings. The van der Waals surface area contributed by atoms with Gasteiger partial charge in [0.25, 0.3) is 0 Å². The highest BCUT2D eigenvalue weighted by atomic mass is 31.2. The highest BCUT2D eigenvalue weighted by Crippen LogP contribution is 2.41. The lowest BCUT2D eigenvalue weighted by Crippen LogP contribution is -1.91. The quantitative estimate of drug-likeness (QED) is 0.438. The largest absolute Gasteiger partial charge is 0.327 e. The molecule has 0 rings (SSSR count). The van der Waals surface area contributed by atoms with E-state index in [1.54, 1.807) is 0 Å². The Labute approximate surface area is 100 Å². The molecule has 0 amide bonds. The van der Waals surface area contributed by atoms with Crippen LogP contribution in [0.4, 0.5) is 0 Å². The highest BCUT2D eigenvalue weighted by Gasteiger charge is 2.15. The Morgan fingerprint density at radius 2 is 1.38 bits per heavy atom. The second-order valence-electron chi connectivity index (χ2n) is 4.37. The number of rotatable bonds is 11. The molecular weight excluding hydrogens is 223 g/mol. The van der Waals surface area contributed by atoms with E-state index >= 15 is 0 Å². The molecule has 1 atom stereocenters. The Hall–Kier alpha value is 0.150. The number of unbranched alkanes of at least 4 members (excludes halogenated alkanes) is 8. The lowest BCUT2D eigenvalue weighted by molar-refractivity contribution is 0.314. The van der Waals surface area contributed by atoms with Gasteiger partial charge in [-0.2, -0.15) is 0 Å². The van der Waals surface area contributed by atoms with Crippen LogP contribution in [0.1, 0.15) is 64.7 Å². The fourth-order valence-electron chi connectivity index (χ4n) is 1.71. The molecule has 0 aliphatic heterocycles. The summed E-state index contributed by atoms with van der Waals surface area (Å²) in [5.41, 5.74) is 0. The van der Waals surface area contributed by atoms with Crippen molar-refractivity contribution in [2.24, 2.45) is 0 Å². The molecule has 98 valence electrons. The fourth-order valence-corrected chi connectivity index (χ4v) is 2.52. The van der Waals surface area contributed by atoms with Crippen LogP contribution in [0.3, 0.4) is 0 Å². The second-order valence-corrected chi connectivity index (χ2v) is 6.46. The Balaban J connectivity index is 3.13. The van der Waals surface area contributed by atoms with Gasteiger partial charge in [-0.05, 0) is 6.42 Å². The van der Waals surface area contributed by atoms with Crippen LogP contribution in [0.5, 0.6) is 0 Å². The standard InChI is InChI=1S/C12H27O3P/c1-3-4-5-6-7-8-9-10-11-12-16(13,14)15-2/h3-12H2,1-2H3,(H,13,14). The zero-order valence-electron chi connectivity index (χ0n) is 10.8. The van der Waals surface area contributed by atoms with E-state index in [9.17, 15) is 4.57 Å². The normalized spacial score (nSPS) is 14.9. The first kappa shape index (κ1) is 16.1. The maximum atomic E-state index is 11.1. The summed E-state index contributed by atoms with van der Waals surface area (Å²) in [5, 5.41) is 0. The lowest BCUT2D eigenvalue weighted by atomic mass is 10.1. The van der Waals surface area contributed by atoms with Gasteiger partial charge in [0.05, 0.1) is 0 Å². The minimum atomic E-state index is -3.24. The van der Waals surface area contributed by atoms with Gasteiger partial charge < -0.3 is 9.42 Å². The van der Waals surface area contributed by atoms with Crippen LogP contribution in [-0.2, 0) is 9.09 Å². The molecule has 0 bridgehead atoms. The molecular formula is C12H27O3P. The van der Waals surface area contributed by atoms with E-state index < -0.39 is 7.60 Å². The number of hydrogen-bond acceptors (Lipinski definition) is 2. The molecule has 0 aromatic carbocycles. The van der Waals surface area contributed by atoms with E-state index in [1.807, 2.05) is 0 Å². The molecule has 1 unspecified atom stereocenters. The van der Waals surface area contributed by atoms with Crippen LogP contribution in [0.15, 0.2) is 0 Å². The van der Waals surface area contributed by atoms with Crippen molar-refractivity contribution in [2.75, 3.05) is 13.3 Å². The van der Waals surface area contributed by atoms with E-state index in [1.165, 1.54) is 52.1 Å². The monoisotopic (exact) mass is 250 g/mol. The van der Waals surface area contributed by atoms with Crippen LogP contribution >= 0.6 is 7.60 Å². The molecule has 16 heavy (non-hydrogen) atoms. The van der Waals surface area contributed by atoms with Crippen LogP contribution < -0.4 is 0 Å². The first-order valence-corrected chi connectivity index (χ1v) is 8.26. The van der Waals surface area contributed by atoms with Gasteiger partial charge in [0, 0.05) is 13.3 Å². The smallest absolute Gasteiger partial charge is 0.324 e. The van der Waals surface area contributed by atoms with Crippen LogP contribution in [-0.4, -0.2) is 18.2 Å². The maximum absolute atomic E-state index is 11.1. The molecule has 1 N–H and O–H groups in total. The van der Waals surface area contributed by atoms with Crippen molar-refractivity contribution in [1.29, 1.82) is 0 Å². The first-order chi connectivity index (χ1) is 7.62. The van der Waals surface area contributed by atoms with Crippen molar-refractivity contribution >= 4 is 7.60 Å². The maximum Gasteiger partial charge on any atom is 0.327 e. The average molecular weight is 250 g/mol. The summed E-state index contributed by atoms with van der Waals surface area (Å²) in [6.45, 7) is 2.23. The van der Waals surface area contributed by atoms with E-state index in [-0.39, 0.29) is 0 Å². The predicted molar refractivity (Wildman–Crippen MR) is 68.9 cm³/mol. The molecule has 0 heterocycles. The van der Waals surface area contributed by atoms with E-state index in [0.717, 1.165) is 12.8 Å². The molecule has 0 aromatic heterocycles. The van der Waals surface area contributed by atoms with Crippen LogP contribution in [0, 0.1) is 0 Å². The molecule has 0 aromatic rings. The topological polar surface area (TPSA) is 46.5 Å². The molecule has 0 spiro atoms. The van der Waals surface area contributed by atoms with Gasteiger partial charge in [-0.1, -0.05) is 58.3 Å². The third-order valence-electron chi connectivity index (χ3n) is 2.83. The van der Waals surface area contributed by atoms with Gasteiger partial charge in [-0.25, -0.2) is 0 Å². The third kappa shape index (κ3) is 10.7. The van der Waals surface area contributed by atoms with E-state index in [2.05, 4.69) is 11.4 Å². The molecule has 0 radical (unpaired) electrons. The molecule has 0 aliphatic carbocycles.